The summed E-state index contributed by atoms with van der Waals surface area (Å²) in [6, 6.07) is 8.16. The van der Waals surface area contributed by atoms with Gasteiger partial charge in [0.1, 0.15) is 0 Å². The van der Waals surface area contributed by atoms with E-state index in [1.165, 1.54) is 5.56 Å². The Morgan fingerprint density at radius 3 is 2.40 bits per heavy atom. The summed E-state index contributed by atoms with van der Waals surface area (Å²) in [5.41, 5.74) is 2.35. The minimum absolute atomic E-state index is 0. The summed E-state index contributed by atoms with van der Waals surface area (Å²) in [6.07, 6.45) is 1.72. The second-order valence-electron chi connectivity index (χ2n) is 2.56. The van der Waals surface area contributed by atoms with E-state index in [9.17, 15) is 0 Å². The fourth-order valence-electron chi connectivity index (χ4n) is 1.04. The molecular weight excluding hydrogens is 632 g/mol. The summed E-state index contributed by atoms with van der Waals surface area (Å²) in [4.78, 5) is 0. The average molecular weight is 648 g/mol. The Labute approximate surface area is 142 Å². The van der Waals surface area contributed by atoms with Gasteiger partial charge in [0, 0.05) is 43.1 Å². The van der Waals surface area contributed by atoms with Crippen molar-refractivity contribution < 1.29 is 62.2 Å². The van der Waals surface area contributed by atoms with Crippen LogP contribution in [0.4, 0.5) is 0 Å². The van der Waals surface area contributed by atoms with Crippen LogP contribution in [0.3, 0.4) is 0 Å². The van der Waals surface area contributed by atoms with Crippen LogP contribution < -0.4 is 0 Å². The van der Waals surface area contributed by atoms with Crippen molar-refractivity contribution >= 4 is 0 Å². The first-order valence-electron chi connectivity index (χ1n) is 4.24. The van der Waals surface area contributed by atoms with Crippen molar-refractivity contribution in [3.8, 4) is 11.8 Å². The summed E-state index contributed by atoms with van der Waals surface area (Å²) >= 11 is 0. The molecule has 15 heavy (non-hydrogen) atoms. The average Bonchev–Trinajstić information content (AvgIpc) is 2.15. The molecule has 0 aliphatic heterocycles. The summed E-state index contributed by atoms with van der Waals surface area (Å²) in [5, 5.41) is 0. The van der Waals surface area contributed by atoms with E-state index >= 15 is 0 Å². The number of hydrogen-bond donors (Lipinski definition) is 0. The molecule has 1 aromatic carbocycles. The molecule has 0 bridgehead atoms. The molecule has 0 fully saturated rings. The van der Waals surface area contributed by atoms with E-state index in [4.69, 9.17) is 0 Å². The Kier molecular flexibility index (Phi) is 18.3. The van der Waals surface area contributed by atoms with E-state index in [0.717, 1.165) is 18.4 Å². The van der Waals surface area contributed by atoms with Crippen molar-refractivity contribution in [2.24, 2.45) is 0 Å². The molecule has 0 spiro atoms. The van der Waals surface area contributed by atoms with Gasteiger partial charge in [0.15, 0.2) is 0 Å². The normalized spacial score (nSPS) is 7.07. The quantitative estimate of drug-likeness (QED) is 0.325. The first kappa shape index (κ1) is 21.2. The first-order chi connectivity index (χ1) is 5.88. The molecule has 0 N–H and O–H groups in total. The Morgan fingerprint density at radius 2 is 1.87 bits per heavy atom. The van der Waals surface area contributed by atoms with Crippen molar-refractivity contribution in [2.45, 2.75) is 19.8 Å². The van der Waals surface area contributed by atoms with Crippen LogP contribution in [0.15, 0.2) is 24.3 Å². The fraction of sp³-hybridized carbons (Fsp3) is 0.231. The molecule has 76 valence electrons. The van der Waals surface area contributed by atoms with Gasteiger partial charge in [-0.05, 0) is 6.07 Å². The number of hydrogen-bond acceptors (Lipinski definition) is 0. The molecule has 0 saturated heterocycles. The Morgan fingerprint density at radius 1 is 1.27 bits per heavy atom. The van der Waals surface area contributed by atoms with Gasteiger partial charge in [-0.15, -0.1) is 0 Å². The third kappa shape index (κ3) is 7.72. The minimum atomic E-state index is 0. The van der Waals surface area contributed by atoms with Gasteiger partial charge < -0.3 is 14.4 Å². The van der Waals surface area contributed by atoms with Gasteiger partial charge in [0.05, 0.1) is 0 Å². The molecule has 0 heterocycles. The smallest absolute Gasteiger partial charge is 0.358 e. The molecule has 0 amide bonds. The Bertz CT molecular complexity index is 308. The van der Waals surface area contributed by atoms with Crippen LogP contribution in [-0.4, -0.2) is 0 Å². The predicted molar refractivity (Wildman–Crippen MR) is 59.1 cm³/mol. The van der Waals surface area contributed by atoms with Crippen molar-refractivity contribution in [1.82, 2.24) is 0 Å². The number of benzene rings is 1. The summed E-state index contributed by atoms with van der Waals surface area (Å²) in [5.74, 6) is 6.19. The van der Waals surface area contributed by atoms with Gasteiger partial charge in [-0.3, -0.25) is 0 Å². The standard InChI is InChI=1S/C12H13.CH3.2U/c1-3-5-8-12-10-7-6-9-11(12)4-2;;;/h6-7,9-10H,2-4H2,1H3;1H3;;/q2*-1;;+2. The van der Waals surface area contributed by atoms with Crippen LogP contribution in [0, 0.1) is 88.4 Å². The maximum atomic E-state index is 3.86. The third-order valence-corrected chi connectivity index (χ3v) is 1.69. The topological polar surface area (TPSA) is 0 Å². The maximum absolute atomic E-state index is 3.86. The molecule has 0 aliphatic carbocycles. The summed E-state index contributed by atoms with van der Waals surface area (Å²) < 4.78 is 0. The van der Waals surface area contributed by atoms with E-state index in [1.807, 2.05) is 18.2 Å². The second kappa shape index (κ2) is 13.0. The van der Waals surface area contributed by atoms with Crippen LogP contribution in [0.5, 0.6) is 0 Å². The molecule has 1 aromatic rings. The van der Waals surface area contributed by atoms with Crippen LogP contribution in [0.1, 0.15) is 24.5 Å². The van der Waals surface area contributed by atoms with E-state index in [1.54, 1.807) is 0 Å². The van der Waals surface area contributed by atoms with Crippen molar-refractivity contribution in [1.29, 1.82) is 0 Å². The van der Waals surface area contributed by atoms with Crippen molar-refractivity contribution in [2.75, 3.05) is 0 Å². The predicted octanol–water partition coefficient (Wildman–Crippen LogP) is 3.27. The number of rotatable bonds is 1. The molecule has 0 atom stereocenters. The fourth-order valence-corrected chi connectivity index (χ4v) is 1.04. The zero-order valence-corrected chi connectivity index (χ0v) is 17.8. The van der Waals surface area contributed by atoms with E-state index in [-0.39, 0.29) is 69.7 Å². The van der Waals surface area contributed by atoms with E-state index in [2.05, 4.69) is 31.8 Å². The molecule has 0 unspecified atom stereocenters. The molecule has 2 heteroatoms. The summed E-state index contributed by atoms with van der Waals surface area (Å²) in [6.45, 7) is 5.91. The van der Waals surface area contributed by atoms with Gasteiger partial charge in [-0.25, -0.2) is 0 Å². The van der Waals surface area contributed by atoms with Gasteiger partial charge in [-0.2, -0.15) is 6.42 Å². The van der Waals surface area contributed by atoms with E-state index < -0.39 is 0 Å². The molecular formula is C13H16U2. The third-order valence-electron chi connectivity index (χ3n) is 1.69. The molecule has 0 aliphatic rings. The van der Waals surface area contributed by atoms with Crippen LogP contribution >= 0.6 is 0 Å². The monoisotopic (exact) mass is 648 g/mol. The van der Waals surface area contributed by atoms with Gasteiger partial charge >= 0.3 is 31.1 Å². The summed E-state index contributed by atoms with van der Waals surface area (Å²) in [7, 11) is 0. The minimum Gasteiger partial charge on any atom is -0.358 e. The Hall–Kier alpha value is 0.884. The van der Waals surface area contributed by atoms with E-state index in [0.29, 0.717) is 0 Å². The van der Waals surface area contributed by atoms with Crippen molar-refractivity contribution in [3.63, 3.8) is 0 Å². The zero-order valence-electron chi connectivity index (χ0n) is 9.43. The second-order valence-corrected chi connectivity index (χ2v) is 2.56. The Balaban J connectivity index is -0.000000480. The van der Waals surface area contributed by atoms with Crippen molar-refractivity contribution in [3.05, 3.63) is 49.7 Å². The molecule has 1 rings (SSSR count). The first-order valence-corrected chi connectivity index (χ1v) is 4.24. The SMILES string of the molecule is [CH2-]Cc1ccccc1C#CCC.[CH3-].[U+2].[U]. The van der Waals surface area contributed by atoms with Crippen LogP contribution in [-0.2, 0) is 6.42 Å². The molecule has 0 nitrogen and oxygen atoms in total. The zero-order chi connectivity index (χ0) is 8.81. The van der Waals surface area contributed by atoms with Gasteiger partial charge in [-0.1, -0.05) is 42.5 Å². The molecule has 0 radical (unpaired) electrons. The van der Waals surface area contributed by atoms with Crippen LogP contribution in [0.2, 0.25) is 0 Å². The van der Waals surface area contributed by atoms with Gasteiger partial charge in [0.25, 0.3) is 0 Å². The maximum Gasteiger partial charge on any atom is 2.00 e. The molecule has 0 saturated carbocycles. The van der Waals surface area contributed by atoms with Crippen LogP contribution in [0.25, 0.3) is 0 Å². The largest absolute Gasteiger partial charge is 2.00 e. The van der Waals surface area contributed by atoms with Gasteiger partial charge in [0.2, 0.25) is 0 Å². The molecule has 0 aromatic heterocycles.